The summed E-state index contributed by atoms with van der Waals surface area (Å²) in [5.74, 6) is 1.46. The van der Waals surface area contributed by atoms with Crippen molar-refractivity contribution in [1.29, 1.82) is 0 Å². The van der Waals surface area contributed by atoms with Crippen LogP contribution in [0.15, 0.2) is 12.3 Å². The van der Waals surface area contributed by atoms with Gasteiger partial charge in [-0.25, -0.2) is 4.98 Å². The molecule has 0 radical (unpaired) electrons. The van der Waals surface area contributed by atoms with Gasteiger partial charge in [0.1, 0.15) is 0 Å². The van der Waals surface area contributed by atoms with Gasteiger partial charge >= 0.3 is 0 Å². The molecule has 0 aliphatic carbocycles. The van der Waals surface area contributed by atoms with E-state index in [0.29, 0.717) is 44.7 Å². The monoisotopic (exact) mass is 349 g/mol. The van der Waals surface area contributed by atoms with Crippen LogP contribution in [0.2, 0.25) is 0 Å². The van der Waals surface area contributed by atoms with Gasteiger partial charge in [-0.05, 0) is 13.8 Å². The average Bonchev–Trinajstić information content (AvgIpc) is 2.68. The minimum absolute atomic E-state index is 0.0898. The van der Waals surface area contributed by atoms with E-state index in [4.69, 9.17) is 9.47 Å². The normalized spacial score (nSPS) is 20.4. The molecule has 2 fully saturated rings. The highest BCUT2D eigenvalue weighted by Gasteiger charge is 2.29. The van der Waals surface area contributed by atoms with Gasteiger partial charge in [0.05, 0.1) is 25.9 Å². The first-order valence-corrected chi connectivity index (χ1v) is 9.00. The molecule has 0 saturated carbocycles. The molecular weight excluding hydrogens is 322 g/mol. The molecular formula is C17H27N5O3. The molecule has 8 heteroatoms. The first-order valence-electron chi connectivity index (χ1n) is 9.00. The summed E-state index contributed by atoms with van der Waals surface area (Å²) in [7, 11) is 0. The van der Waals surface area contributed by atoms with Crippen LogP contribution in [0.3, 0.4) is 0 Å². The lowest BCUT2D eigenvalue weighted by Gasteiger charge is -2.39. The maximum Gasteiger partial charge on any atom is 0.239 e. The SMILES string of the molecule is CCOc1ccnc(N2CCN(C(=O)C(C)N3CCOCC3)CC2)n1. The van der Waals surface area contributed by atoms with Crippen molar-refractivity contribution in [3.05, 3.63) is 12.3 Å². The van der Waals surface area contributed by atoms with Crippen molar-refractivity contribution in [2.45, 2.75) is 19.9 Å². The molecule has 8 nitrogen and oxygen atoms in total. The highest BCUT2D eigenvalue weighted by Crippen LogP contribution is 2.16. The van der Waals surface area contributed by atoms with Gasteiger partial charge in [-0.3, -0.25) is 9.69 Å². The average molecular weight is 349 g/mol. The molecule has 1 amide bonds. The van der Waals surface area contributed by atoms with E-state index >= 15 is 0 Å². The van der Waals surface area contributed by atoms with E-state index in [-0.39, 0.29) is 11.9 Å². The zero-order valence-electron chi connectivity index (χ0n) is 15.1. The number of hydrogen-bond donors (Lipinski definition) is 0. The molecule has 138 valence electrons. The largest absolute Gasteiger partial charge is 0.478 e. The zero-order chi connectivity index (χ0) is 17.6. The van der Waals surface area contributed by atoms with E-state index in [1.807, 2.05) is 18.7 Å². The van der Waals surface area contributed by atoms with E-state index in [1.54, 1.807) is 12.3 Å². The fourth-order valence-corrected chi connectivity index (χ4v) is 3.23. The van der Waals surface area contributed by atoms with Gasteiger partial charge in [0.25, 0.3) is 0 Å². The Kier molecular flexibility index (Phi) is 6.04. The minimum atomic E-state index is -0.0898. The molecule has 1 atom stereocenters. The number of carbonyl (C=O) groups excluding carboxylic acids is 1. The molecule has 1 aromatic rings. The van der Waals surface area contributed by atoms with Crippen molar-refractivity contribution in [1.82, 2.24) is 19.8 Å². The number of hydrogen-bond acceptors (Lipinski definition) is 7. The summed E-state index contributed by atoms with van der Waals surface area (Å²) in [6.45, 7) is 10.4. The third kappa shape index (κ3) is 4.38. The van der Waals surface area contributed by atoms with Crippen molar-refractivity contribution in [3.63, 3.8) is 0 Å². The molecule has 2 aliphatic rings. The predicted molar refractivity (Wildman–Crippen MR) is 93.8 cm³/mol. The first-order chi connectivity index (χ1) is 12.2. The predicted octanol–water partition coefficient (Wildman–Crippen LogP) is 0.245. The summed E-state index contributed by atoms with van der Waals surface area (Å²) in [5, 5.41) is 0. The Labute approximate surface area is 148 Å². The van der Waals surface area contributed by atoms with Gasteiger partial charge in [0, 0.05) is 51.5 Å². The van der Waals surface area contributed by atoms with Gasteiger partial charge in [0.15, 0.2) is 0 Å². The Hall–Kier alpha value is -1.93. The van der Waals surface area contributed by atoms with Crippen molar-refractivity contribution >= 4 is 11.9 Å². The topological polar surface area (TPSA) is 71.0 Å². The lowest BCUT2D eigenvalue weighted by Crippen LogP contribution is -2.56. The molecule has 3 heterocycles. The van der Waals surface area contributed by atoms with Crippen molar-refractivity contribution in [2.75, 3.05) is 64.0 Å². The van der Waals surface area contributed by atoms with Crippen molar-refractivity contribution in [2.24, 2.45) is 0 Å². The van der Waals surface area contributed by atoms with E-state index in [2.05, 4.69) is 19.8 Å². The Morgan fingerprint density at radius 3 is 2.64 bits per heavy atom. The van der Waals surface area contributed by atoms with Crippen LogP contribution in [0.25, 0.3) is 0 Å². The van der Waals surface area contributed by atoms with Crippen LogP contribution in [0, 0.1) is 0 Å². The molecule has 25 heavy (non-hydrogen) atoms. The highest BCUT2D eigenvalue weighted by atomic mass is 16.5. The fourth-order valence-electron chi connectivity index (χ4n) is 3.23. The Morgan fingerprint density at radius 1 is 1.24 bits per heavy atom. The van der Waals surface area contributed by atoms with Crippen LogP contribution in [0.5, 0.6) is 5.88 Å². The van der Waals surface area contributed by atoms with Gasteiger partial charge in [-0.2, -0.15) is 4.98 Å². The number of ether oxygens (including phenoxy) is 2. The number of amides is 1. The number of anilines is 1. The quantitative estimate of drug-likeness (QED) is 0.754. The summed E-state index contributed by atoms with van der Waals surface area (Å²) in [6, 6.07) is 1.67. The lowest BCUT2D eigenvalue weighted by atomic mass is 10.2. The standard InChI is InChI=1S/C17H27N5O3/c1-3-25-15-4-5-18-17(19-15)22-8-6-21(7-9-22)16(23)14(2)20-10-12-24-13-11-20/h4-5,14H,3,6-13H2,1-2H3. The van der Waals surface area contributed by atoms with Crippen molar-refractivity contribution < 1.29 is 14.3 Å². The Bertz CT molecular complexity index is 571. The maximum atomic E-state index is 12.8. The third-order valence-corrected chi connectivity index (χ3v) is 4.73. The Morgan fingerprint density at radius 2 is 1.96 bits per heavy atom. The van der Waals surface area contributed by atoms with E-state index < -0.39 is 0 Å². The van der Waals surface area contributed by atoms with Crippen LogP contribution in [-0.2, 0) is 9.53 Å². The minimum Gasteiger partial charge on any atom is -0.478 e. The van der Waals surface area contributed by atoms with Gasteiger partial charge in [-0.1, -0.05) is 0 Å². The van der Waals surface area contributed by atoms with Crippen molar-refractivity contribution in [3.8, 4) is 5.88 Å². The number of aromatic nitrogens is 2. The number of carbonyl (C=O) groups is 1. The summed E-state index contributed by atoms with van der Waals surface area (Å²) in [6.07, 6.45) is 1.71. The summed E-state index contributed by atoms with van der Waals surface area (Å²) in [4.78, 5) is 27.8. The van der Waals surface area contributed by atoms with Gasteiger partial charge < -0.3 is 19.3 Å². The van der Waals surface area contributed by atoms with Crippen LogP contribution in [0.4, 0.5) is 5.95 Å². The number of morpholine rings is 1. The van der Waals surface area contributed by atoms with Crippen LogP contribution in [-0.4, -0.2) is 90.8 Å². The molecule has 1 unspecified atom stereocenters. The summed E-state index contributed by atoms with van der Waals surface area (Å²) in [5.41, 5.74) is 0. The molecule has 2 aliphatic heterocycles. The van der Waals surface area contributed by atoms with Crippen LogP contribution < -0.4 is 9.64 Å². The fraction of sp³-hybridized carbons (Fsp3) is 0.706. The first kappa shape index (κ1) is 17.9. The molecule has 0 N–H and O–H groups in total. The number of rotatable bonds is 5. The van der Waals surface area contributed by atoms with Gasteiger partial charge in [-0.15, -0.1) is 0 Å². The zero-order valence-corrected chi connectivity index (χ0v) is 15.1. The summed E-state index contributed by atoms with van der Waals surface area (Å²) >= 11 is 0. The van der Waals surface area contributed by atoms with Crippen LogP contribution in [0.1, 0.15) is 13.8 Å². The second-order valence-electron chi connectivity index (χ2n) is 6.26. The number of nitrogens with zero attached hydrogens (tertiary/aromatic N) is 5. The molecule has 0 aromatic carbocycles. The second kappa shape index (κ2) is 8.44. The lowest BCUT2D eigenvalue weighted by molar-refractivity contribution is -0.138. The highest BCUT2D eigenvalue weighted by molar-refractivity contribution is 5.81. The third-order valence-electron chi connectivity index (χ3n) is 4.73. The molecule has 3 rings (SSSR count). The molecule has 2 saturated heterocycles. The molecule has 0 bridgehead atoms. The second-order valence-corrected chi connectivity index (χ2v) is 6.26. The van der Waals surface area contributed by atoms with E-state index in [0.717, 1.165) is 26.2 Å². The van der Waals surface area contributed by atoms with Gasteiger partial charge in [0.2, 0.25) is 17.7 Å². The van der Waals surface area contributed by atoms with E-state index in [9.17, 15) is 4.79 Å². The van der Waals surface area contributed by atoms with E-state index in [1.165, 1.54) is 0 Å². The molecule has 0 spiro atoms. The summed E-state index contributed by atoms with van der Waals surface area (Å²) < 4.78 is 10.8. The smallest absolute Gasteiger partial charge is 0.239 e. The molecule has 1 aromatic heterocycles. The maximum absolute atomic E-state index is 12.8. The Balaban J connectivity index is 1.54. The van der Waals surface area contributed by atoms with Crippen LogP contribution >= 0.6 is 0 Å². The number of piperazine rings is 1.